The third kappa shape index (κ3) is 11.8. The van der Waals surface area contributed by atoms with Crippen molar-refractivity contribution in [3.05, 3.63) is 0 Å². The van der Waals surface area contributed by atoms with Gasteiger partial charge in [-0.2, -0.15) is 0 Å². The number of hydrogen-bond donors (Lipinski definition) is 2. The SMILES string of the molecule is CCCCCCCCCC(=O)CNS(=O)O. The van der Waals surface area contributed by atoms with E-state index in [4.69, 9.17) is 4.55 Å². The molecule has 0 bridgehead atoms. The summed E-state index contributed by atoms with van der Waals surface area (Å²) in [6, 6.07) is 0. The van der Waals surface area contributed by atoms with Gasteiger partial charge in [0.25, 0.3) is 0 Å². The van der Waals surface area contributed by atoms with Crippen molar-refractivity contribution >= 4 is 17.0 Å². The smallest absolute Gasteiger partial charge is 0.232 e. The van der Waals surface area contributed by atoms with Crippen LogP contribution in [0.15, 0.2) is 0 Å². The van der Waals surface area contributed by atoms with Crippen molar-refractivity contribution in [1.29, 1.82) is 0 Å². The summed E-state index contributed by atoms with van der Waals surface area (Å²) in [7, 11) is 0. The number of unbranched alkanes of at least 4 members (excludes halogenated alkanes) is 6. The molecule has 0 aromatic carbocycles. The molecule has 1 unspecified atom stereocenters. The molecule has 0 rings (SSSR count). The van der Waals surface area contributed by atoms with Gasteiger partial charge in [-0.15, -0.1) is 0 Å². The van der Waals surface area contributed by atoms with Crippen LogP contribution in [0.1, 0.15) is 58.3 Å². The van der Waals surface area contributed by atoms with Gasteiger partial charge < -0.3 is 0 Å². The Kier molecular flexibility index (Phi) is 11.0. The Bertz CT molecular complexity index is 209. The molecule has 96 valence electrons. The lowest BCUT2D eigenvalue weighted by Crippen LogP contribution is -2.24. The molecule has 0 aliphatic heterocycles. The highest BCUT2D eigenvalue weighted by Crippen LogP contribution is 2.08. The summed E-state index contributed by atoms with van der Waals surface area (Å²) >= 11 is -2.07. The van der Waals surface area contributed by atoms with Gasteiger partial charge >= 0.3 is 0 Å². The van der Waals surface area contributed by atoms with Gasteiger partial charge in [0.15, 0.2) is 0 Å². The Balaban J connectivity index is 3.18. The van der Waals surface area contributed by atoms with E-state index in [9.17, 15) is 9.00 Å². The molecule has 0 spiro atoms. The Morgan fingerprint density at radius 3 is 2.25 bits per heavy atom. The first-order valence-corrected chi connectivity index (χ1v) is 7.13. The third-order valence-corrected chi connectivity index (χ3v) is 2.84. The van der Waals surface area contributed by atoms with Gasteiger partial charge in [-0.05, 0) is 6.42 Å². The molecule has 0 aliphatic rings. The van der Waals surface area contributed by atoms with E-state index < -0.39 is 11.3 Å². The standard InChI is InChI=1S/C11H23NO3S/c1-2-3-4-5-6-7-8-9-11(13)10-12-16(14)15/h12H,2-10H2,1H3,(H,14,15). The van der Waals surface area contributed by atoms with Gasteiger partial charge in [0.1, 0.15) is 5.78 Å². The zero-order chi connectivity index (χ0) is 12.2. The molecule has 5 heteroatoms. The summed E-state index contributed by atoms with van der Waals surface area (Å²) < 4.78 is 20.8. The Morgan fingerprint density at radius 2 is 1.69 bits per heavy atom. The minimum atomic E-state index is -2.07. The second-order valence-corrected chi connectivity index (χ2v) is 4.77. The minimum absolute atomic E-state index is 0.00105. The number of carbonyl (C=O) groups excluding carboxylic acids is 1. The van der Waals surface area contributed by atoms with E-state index >= 15 is 0 Å². The second kappa shape index (κ2) is 11.2. The largest absolute Gasteiger partial charge is 0.298 e. The maximum atomic E-state index is 11.2. The van der Waals surface area contributed by atoms with Gasteiger partial charge in [-0.1, -0.05) is 45.4 Å². The highest BCUT2D eigenvalue weighted by molar-refractivity contribution is 7.77. The first-order chi connectivity index (χ1) is 7.66. The average Bonchev–Trinajstić information content (AvgIpc) is 2.25. The van der Waals surface area contributed by atoms with E-state index in [1.54, 1.807) is 0 Å². The zero-order valence-corrected chi connectivity index (χ0v) is 10.9. The van der Waals surface area contributed by atoms with E-state index in [0.717, 1.165) is 12.8 Å². The molecule has 1 atom stereocenters. The van der Waals surface area contributed by atoms with Gasteiger partial charge in [0, 0.05) is 6.42 Å². The predicted molar refractivity (Wildman–Crippen MR) is 66.4 cm³/mol. The van der Waals surface area contributed by atoms with Gasteiger partial charge in [0.2, 0.25) is 11.3 Å². The van der Waals surface area contributed by atoms with Crippen LogP contribution < -0.4 is 4.72 Å². The van der Waals surface area contributed by atoms with Crippen molar-refractivity contribution in [2.75, 3.05) is 6.54 Å². The summed E-state index contributed by atoms with van der Waals surface area (Å²) in [5, 5.41) is 0. The summed E-state index contributed by atoms with van der Waals surface area (Å²) in [5.74, 6) is 0.0101. The molecule has 0 aromatic rings. The summed E-state index contributed by atoms with van der Waals surface area (Å²) in [4.78, 5) is 11.2. The normalized spacial score (nSPS) is 12.6. The van der Waals surface area contributed by atoms with Crippen molar-refractivity contribution in [3.63, 3.8) is 0 Å². The van der Waals surface area contributed by atoms with Gasteiger partial charge in [0.05, 0.1) is 6.54 Å². The molecule has 0 saturated heterocycles. The molecule has 0 heterocycles. The fourth-order valence-corrected chi connectivity index (χ4v) is 1.79. The van der Waals surface area contributed by atoms with E-state index in [0.29, 0.717) is 6.42 Å². The highest BCUT2D eigenvalue weighted by atomic mass is 32.2. The monoisotopic (exact) mass is 249 g/mol. The maximum absolute atomic E-state index is 11.2. The average molecular weight is 249 g/mol. The fourth-order valence-electron chi connectivity index (χ4n) is 1.51. The number of carbonyl (C=O) groups is 1. The molecule has 0 amide bonds. The molecule has 4 nitrogen and oxygen atoms in total. The van der Waals surface area contributed by atoms with Crippen molar-refractivity contribution in [1.82, 2.24) is 4.72 Å². The van der Waals surface area contributed by atoms with Crippen LogP contribution in [0.4, 0.5) is 0 Å². The number of Topliss-reactive ketones (excluding diaryl/α,β-unsaturated/α-hetero) is 1. The molecule has 0 aromatic heterocycles. The quantitative estimate of drug-likeness (QED) is 0.436. The number of nitrogens with one attached hydrogen (secondary N) is 1. The molecular weight excluding hydrogens is 226 g/mol. The Hall–Kier alpha value is -0.260. The molecule has 0 fully saturated rings. The van der Waals surface area contributed by atoms with Crippen LogP contribution in [0.5, 0.6) is 0 Å². The predicted octanol–water partition coefficient (Wildman–Crippen LogP) is 2.42. The third-order valence-electron chi connectivity index (χ3n) is 2.45. The van der Waals surface area contributed by atoms with E-state index in [2.05, 4.69) is 11.6 Å². The number of ketones is 1. The highest BCUT2D eigenvalue weighted by Gasteiger charge is 2.02. The number of rotatable bonds is 11. The zero-order valence-electron chi connectivity index (χ0n) is 10.0. The van der Waals surface area contributed by atoms with Crippen molar-refractivity contribution in [2.45, 2.75) is 58.3 Å². The lowest BCUT2D eigenvalue weighted by Gasteiger charge is -2.01. The minimum Gasteiger partial charge on any atom is -0.298 e. The van der Waals surface area contributed by atoms with Crippen LogP contribution >= 0.6 is 0 Å². The second-order valence-electron chi connectivity index (χ2n) is 3.98. The first-order valence-electron chi connectivity index (χ1n) is 6.03. The van der Waals surface area contributed by atoms with Crippen molar-refractivity contribution in [2.24, 2.45) is 0 Å². The fraction of sp³-hybridized carbons (Fsp3) is 0.909. The van der Waals surface area contributed by atoms with Crippen LogP contribution in [0.2, 0.25) is 0 Å². The topological polar surface area (TPSA) is 66.4 Å². The van der Waals surface area contributed by atoms with Gasteiger partial charge in [-0.25, -0.2) is 8.93 Å². The van der Waals surface area contributed by atoms with Crippen LogP contribution in [0.25, 0.3) is 0 Å². The summed E-state index contributed by atoms with van der Waals surface area (Å²) in [6.07, 6.45) is 8.76. The van der Waals surface area contributed by atoms with Crippen LogP contribution in [-0.4, -0.2) is 21.1 Å². The van der Waals surface area contributed by atoms with E-state index in [1.165, 1.54) is 32.1 Å². The van der Waals surface area contributed by atoms with Crippen LogP contribution in [0, 0.1) is 0 Å². The van der Waals surface area contributed by atoms with Crippen molar-refractivity contribution in [3.8, 4) is 0 Å². The van der Waals surface area contributed by atoms with E-state index in [-0.39, 0.29) is 12.3 Å². The summed E-state index contributed by atoms with van der Waals surface area (Å²) in [6.45, 7) is 2.19. The van der Waals surface area contributed by atoms with Gasteiger partial charge in [-0.3, -0.25) is 9.35 Å². The lowest BCUT2D eigenvalue weighted by atomic mass is 10.1. The Morgan fingerprint density at radius 1 is 1.12 bits per heavy atom. The Labute approximate surface area is 101 Å². The first kappa shape index (κ1) is 15.7. The van der Waals surface area contributed by atoms with E-state index in [1.807, 2.05) is 0 Å². The molecule has 0 saturated carbocycles. The molecule has 16 heavy (non-hydrogen) atoms. The van der Waals surface area contributed by atoms with Crippen LogP contribution in [0.3, 0.4) is 0 Å². The van der Waals surface area contributed by atoms with Crippen molar-refractivity contribution < 1.29 is 13.6 Å². The van der Waals surface area contributed by atoms with Crippen LogP contribution in [-0.2, 0) is 16.1 Å². The lowest BCUT2D eigenvalue weighted by molar-refractivity contribution is -0.118. The molecular formula is C11H23NO3S. The summed E-state index contributed by atoms with van der Waals surface area (Å²) in [5.41, 5.74) is 0. The number of hydrogen-bond acceptors (Lipinski definition) is 2. The molecule has 0 radical (unpaired) electrons. The maximum Gasteiger partial charge on any atom is 0.232 e. The molecule has 2 N–H and O–H groups in total. The molecule has 0 aliphatic carbocycles.